The zero-order chi connectivity index (χ0) is 69.6. The Morgan fingerprint density at radius 2 is 0.511 bits per heavy atom. The standard InChI is InChI=1S/C75H146O17P2/c1-9-68(8)54-46-38-30-21-16-18-22-31-39-47-55-72(77)85-61-70(91-74(79)57-49-41-33-23-14-12-10-11-13-19-27-35-43-51-65(2)3)63-89-93(81,82)87-59-69(76)60-88-94(83,84)90-64-71(62-86-73(78)56-48-40-32-26-25-29-37-45-53-67(6)7)92-75(80)58-50-42-34-24-17-15-20-28-36-44-52-66(4)5/h65-71,76H,9-64H2,1-8H3,(H,81,82)(H,83,84)/t68?,69?,70-,71-/m1/s1. The van der Waals surface area contributed by atoms with Gasteiger partial charge in [0, 0.05) is 25.7 Å². The van der Waals surface area contributed by atoms with E-state index in [-0.39, 0.29) is 25.7 Å². The highest BCUT2D eigenvalue weighted by Gasteiger charge is 2.30. The zero-order valence-corrected chi connectivity index (χ0v) is 63.4. The molecule has 0 heterocycles. The van der Waals surface area contributed by atoms with E-state index >= 15 is 0 Å². The van der Waals surface area contributed by atoms with E-state index in [2.05, 4.69) is 55.4 Å². The Morgan fingerprint density at radius 1 is 0.298 bits per heavy atom. The lowest BCUT2D eigenvalue weighted by Crippen LogP contribution is -2.30. The van der Waals surface area contributed by atoms with Crippen molar-refractivity contribution < 1.29 is 80.2 Å². The van der Waals surface area contributed by atoms with Crippen LogP contribution in [0.3, 0.4) is 0 Å². The fourth-order valence-electron chi connectivity index (χ4n) is 11.3. The molecule has 94 heavy (non-hydrogen) atoms. The summed E-state index contributed by atoms with van der Waals surface area (Å²) in [6, 6.07) is 0. The zero-order valence-electron chi connectivity index (χ0n) is 61.6. The molecule has 0 aliphatic heterocycles. The average Bonchev–Trinajstić information content (AvgIpc) is 1.25. The molecule has 4 unspecified atom stereocenters. The molecule has 0 saturated heterocycles. The topological polar surface area (TPSA) is 237 Å². The number of hydrogen-bond donors (Lipinski definition) is 3. The van der Waals surface area contributed by atoms with Crippen LogP contribution in [0.1, 0.15) is 376 Å². The molecular weight excluding hydrogens is 1230 g/mol. The summed E-state index contributed by atoms with van der Waals surface area (Å²) in [7, 11) is -9.91. The van der Waals surface area contributed by atoms with Crippen LogP contribution in [0, 0.1) is 23.7 Å². The van der Waals surface area contributed by atoms with Crippen molar-refractivity contribution in [2.24, 2.45) is 23.7 Å². The van der Waals surface area contributed by atoms with Gasteiger partial charge in [0.15, 0.2) is 12.2 Å². The van der Waals surface area contributed by atoms with Gasteiger partial charge in [-0.15, -0.1) is 0 Å². The number of unbranched alkanes of at least 4 members (excludes halogenated alkanes) is 37. The van der Waals surface area contributed by atoms with E-state index in [1.54, 1.807) is 0 Å². The molecule has 0 radical (unpaired) electrons. The second kappa shape index (κ2) is 64.4. The van der Waals surface area contributed by atoms with Crippen molar-refractivity contribution in [3.8, 4) is 0 Å². The van der Waals surface area contributed by atoms with Crippen molar-refractivity contribution in [3.63, 3.8) is 0 Å². The summed E-state index contributed by atoms with van der Waals surface area (Å²) in [6.45, 7) is 14.2. The first-order valence-electron chi connectivity index (χ1n) is 38.7. The second-order valence-electron chi connectivity index (χ2n) is 28.7. The van der Waals surface area contributed by atoms with Crippen molar-refractivity contribution >= 4 is 39.5 Å². The number of hydrogen-bond acceptors (Lipinski definition) is 15. The average molecular weight is 1380 g/mol. The number of carbonyl (C=O) groups excluding carboxylic acids is 4. The predicted octanol–water partition coefficient (Wildman–Crippen LogP) is 21.7. The Morgan fingerprint density at radius 3 is 0.755 bits per heavy atom. The van der Waals surface area contributed by atoms with E-state index < -0.39 is 97.5 Å². The fourth-order valence-corrected chi connectivity index (χ4v) is 12.9. The third-order valence-corrected chi connectivity index (χ3v) is 19.6. The Bertz CT molecular complexity index is 1850. The van der Waals surface area contributed by atoms with Crippen molar-refractivity contribution in [2.45, 2.75) is 395 Å². The first-order chi connectivity index (χ1) is 45.1. The van der Waals surface area contributed by atoms with Crippen molar-refractivity contribution in [1.29, 1.82) is 0 Å². The maximum Gasteiger partial charge on any atom is 0.472 e. The lowest BCUT2D eigenvalue weighted by Gasteiger charge is -2.21. The maximum absolute atomic E-state index is 13.1. The van der Waals surface area contributed by atoms with E-state index in [1.165, 1.54) is 180 Å². The van der Waals surface area contributed by atoms with Crippen LogP contribution < -0.4 is 0 Å². The molecule has 0 fully saturated rings. The van der Waals surface area contributed by atoms with Gasteiger partial charge in [-0.2, -0.15) is 0 Å². The predicted molar refractivity (Wildman–Crippen MR) is 381 cm³/mol. The Hall–Kier alpha value is -1.94. The minimum absolute atomic E-state index is 0.105. The number of rotatable bonds is 72. The highest BCUT2D eigenvalue weighted by Crippen LogP contribution is 2.45. The number of esters is 4. The maximum atomic E-state index is 13.1. The summed E-state index contributed by atoms with van der Waals surface area (Å²) in [5, 5.41) is 10.6. The Kier molecular flexibility index (Phi) is 63.1. The highest BCUT2D eigenvalue weighted by atomic mass is 31.2. The monoisotopic (exact) mass is 1380 g/mol. The van der Waals surface area contributed by atoms with Crippen LogP contribution in [-0.2, 0) is 65.4 Å². The van der Waals surface area contributed by atoms with Crippen LogP contribution >= 0.6 is 15.6 Å². The molecule has 0 aliphatic carbocycles. The minimum Gasteiger partial charge on any atom is -0.462 e. The quantitative estimate of drug-likeness (QED) is 0.0222. The number of phosphoric ester groups is 2. The summed E-state index contributed by atoms with van der Waals surface area (Å²) in [5.74, 6) is 0.952. The fraction of sp³-hybridized carbons (Fsp3) is 0.947. The molecule has 0 spiro atoms. The minimum atomic E-state index is -4.96. The lowest BCUT2D eigenvalue weighted by atomic mass is 9.99. The van der Waals surface area contributed by atoms with Gasteiger partial charge in [-0.1, -0.05) is 325 Å². The first kappa shape index (κ1) is 92.1. The van der Waals surface area contributed by atoms with E-state index in [0.29, 0.717) is 25.7 Å². The smallest absolute Gasteiger partial charge is 0.462 e. The molecule has 0 saturated carbocycles. The van der Waals surface area contributed by atoms with E-state index in [0.717, 1.165) is 114 Å². The molecule has 0 amide bonds. The summed E-state index contributed by atoms with van der Waals surface area (Å²) >= 11 is 0. The molecule has 17 nitrogen and oxygen atoms in total. The molecule has 6 atom stereocenters. The second-order valence-corrected chi connectivity index (χ2v) is 31.6. The van der Waals surface area contributed by atoms with Gasteiger partial charge >= 0.3 is 39.5 Å². The van der Waals surface area contributed by atoms with Crippen molar-refractivity contribution in [1.82, 2.24) is 0 Å². The largest absolute Gasteiger partial charge is 0.472 e. The van der Waals surface area contributed by atoms with Gasteiger partial charge in [-0.3, -0.25) is 37.3 Å². The summed E-state index contributed by atoms with van der Waals surface area (Å²) in [5.41, 5.74) is 0. The molecule has 0 aromatic carbocycles. The Balaban J connectivity index is 5.27. The SMILES string of the molecule is CCC(C)CCCCCCCCCCCCC(=O)OC[C@H](COP(=O)(O)OCC(O)COP(=O)(O)OC[C@@H](COC(=O)CCCCCCCCCCC(C)C)OC(=O)CCCCCCCCCCCCC(C)C)OC(=O)CCCCCCCCCCCCCCCC(C)C. The molecule has 19 heteroatoms. The number of aliphatic hydroxyl groups is 1. The van der Waals surface area contributed by atoms with Crippen molar-refractivity contribution in [2.75, 3.05) is 39.6 Å². The third-order valence-electron chi connectivity index (χ3n) is 17.7. The molecule has 0 bridgehead atoms. The Labute approximate surface area is 575 Å². The molecule has 0 aromatic heterocycles. The van der Waals surface area contributed by atoms with Crippen LogP contribution in [0.15, 0.2) is 0 Å². The van der Waals surface area contributed by atoms with Gasteiger partial charge in [-0.25, -0.2) is 9.13 Å². The van der Waals surface area contributed by atoms with Gasteiger partial charge in [0.25, 0.3) is 0 Å². The normalized spacial score (nSPS) is 14.4. The van der Waals surface area contributed by atoms with Gasteiger partial charge in [0.2, 0.25) is 0 Å². The van der Waals surface area contributed by atoms with Gasteiger partial charge in [-0.05, 0) is 49.4 Å². The molecular formula is C75H146O17P2. The summed E-state index contributed by atoms with van der Waals surface area (Å²) in [6.07, 6.45) is 48.5. The number of aliphatic hydroxyl groups excluding tert-OH is 1. The third kappa shape index (κ3) is 67.3. The van der Waals surface area contributed by atoms with Gasteiger partial charge in [0.05, 0.1) is 26.4 Å². The number of phosphoric acid groups is 2. The number of carbonyl (C=O) groups is 4. The van der Waals surface area contributed by atoms with E-state index in [9.17, 15) is 43.2 Å². The molecule has 0 rings (SSSR count). The van der Waals surface area contributed by atoms with E-state index in [1.807, 2.05) is 0 Å². The van der Waals surface area contributed by atoms with Crippen LogP contribution in [0.4, 0.5) is 0 Å². The molecule has 0 aromatic rings. The van der Waals surface area contributed by atoms with Gasteiger partial charge < -0.3 is 33.8 Å². The van der Waals surface area contributed by atoms with Crippen LogP contribution in [0.2, 0.25) is 0 Å². The highest BCUT2D eigenvalue weighted by molar-refractivity contribution is 7.47. The van der Waals surface area contributed by atoms with Crippen molar-refractivity contribution in [3.05, 3.63) is 0 Å². The van der Waals surface area contributed by atoms with E-state index in [4.69, 9.17) is 37.0 Å². The molecule has 558 valence electrons. The summed E-state index contributed by atoms with van der Waals surface area (Å²) < 4.78 is 68.5. The summed E-state index contributed by atoms with van der Waals surface area (Å²) in [4.78, 5) is 72.8. The van der Waals surface area contributed by atoms with Crippen LogP contribution in [0.25, 0.3) is 0 Å². The number of ether oxygens (including phenoxy) is 4. The van der Waals surface area contributed by atoms with Crippen LogP contribution in [0.5, 0.6) is 0 Å². The lowest BCUT2D eigenvalue weighted by molar-refractivity contribution is -0.161. The van der Waals surface area contributed by atoms with Gasteiger partial charge in [0.1, 0.15) is 19.3 Å². The molecule has 3 N–H and O–H groups in total. The first-order valence-corrected chi connectivity index (χ1v) is 41.7. The van der Waals surface area contributed by atoms with Crippen LogP contribution in [-0.4, -0.2) is 96.7 Å². The molecule has 0 aliphatic rings.